The second-order valence-corrected chi connectivity index (χ2v) is 8.54. The van der Waals surface area contributed by atoms with Crippen molar-refractivity contribution in [1.82, 2.24) is 15.2 Å². The Morgan fingerprint density at radius 3 is 2.52 bits per heavy atom. The van der Waals surface area contributed by atoms with Crippen molar-refractivity contribution in [2.45, 2.75) is 26.2 Å². The molecule has 0 saturated carbocycles. The zero-order valence-electron chi connectivity index (χ0n) is 18.1. The molecule has 3 aromatic rings. The summed E-state index contributed by atoms with van der Waals surface area (Å²) in [5.41, 5.74) is 1.61. The molecule has 1 amide bonds. The molecule has 0 atom stereocenters. The molecule has 0 bridgehead atoms. The average molecular weight is 477 g/mol. The number of carbonyl (C=O) groups excluding carboxylic acids is 1. The lowest BCUT2D eigenvalue weighted by Crippen LogP contribution is -2.48. The monoisotopic (exact) mass is 476 g/mol. The van der Waals surface area contributed by atoms with Gasteiger partial charge in [-0.25, -0.2) is 4.98 Å². The first-order chi connectivity index (χ1) is 15.7. The minimum absolute atomic E-state index is 0.0517. The summed E-state index contributed by atoms with van der Waals surface area (Å²) in [6, 6.07) is 12.9. The highest BCUT2D eigenvalue weighted by Crippen LogP contribution is 2.30. The number of aromatic nitrogens is 1. The fourth-order valence-corrected chi connectivity index (χ4v) is 4.18. The van der Waals surface area contributed by atoms with Crippen LogP contribution in [0.15, 0.2) is 48.5 Å². The predicted molar refractivity (Wildman–Crippen MR) is 123 cm³/mol. The summed E-state index contributed by atoms with van der Waals surface area (Å²) in [6.45, 7) is 4.82. The van der Waals surface area contributed by atoms with Crippen molar-refractivity contribution in [3.05, 3.63) is 70.2 Å². The molecule has 1 aliphatic rings. The van der Waals surface area contributed by atoms with Gasteiger partial charge in [0.25, 0.3) is 0 Å². The Kier molecular flexibility index (Phi) is 6.76. The van der Waals surface area contributed by atoms with Gasteiger partial charge in [-0.1, -0.05) is 35.9 Å². The molecule has 1 N–H and O–H groups in total. The second kappa shape index (κ2) is 9.57. The molecule has 0 radical (unpaired) electrons. The lowest BCUT2D eigenvalue weighted by atomic mass is 10.1. The Morgan fingerprint density at radius 2 is 1.82 bits per heavy atom. The highest BCUT2D eigenvalue weighted by atomic mass is 35.5. The van der Waals surface area contributed by atoms with Gasteiger partial charge in [-0.15, -0.1) is 0 Å². The molecule has 5 nitrogen and oxygen atoms in total. The minimum atomic E-state index is -4.37. The van der Waals surface area contributed by atoms with Crippen molar-refractivity contribution >= 4 is 34.2 Å². The average Bonchev–Trinajstić information content (AvgIpc) is 2.78. The molecule has 4 rings (SSSR count). The van der Waals surface area contributed by atoms with E-state index >= 15 is 0 Å². The molecule has 33 heavy (non-hydrogen) atoms. The van der Waals surface area contributed by atoms with Crippen LogP contribution in [-0.4, -0.2) is 42.0 Å². The maximum atomic E-state index is 13.0. The van der Waals surface area contributed by atoms with Crippen LogP contribution in [0.25, 0.3) is 10.9 Å². The number of anilines is 1. The first kappa shape index (κ1) is 23.3. The van der Waals surface area contributed by atoms with E-state index in [4.69, 9.17) is 16.6 Å². The van der Waals surface area contributed by atoms with Gasteiger partial charge in [0.2, 0.25) is 5.91 Å². The van der Waals surface area contributed by atoms with Gasteiger partial charge in [0.05, 0.1) is 11.1 Å². The van der Waals surface area contributed by atoms with E-state index in [-0.39, 0.29) is 5.91 Å². The van der Waals surface area contributed by atoms with E-state index in [9.17, 15) is 18.0 Å². The standard InChI is InChI=1S/C24H24ClF3N4O/c1-16(33)31-7-9-32(10-8-31)23-19(12-18-5-6-21(25)13-22(18)30-23)15-29-14-17-3-2-4-20(11-17)24(26,27)28/h2-6,11-13,29H,7-10,14-15H2,1H3. The molecular formula is C24H24ClF3N4O. The van der Waals surface area contributed by atoms with Gasteiger partial charge >= 0.3 is 6.18 Å². The van der Waals surface area contributed by atoms with Gasteiger partial charge in [0.15, 0.2) is 0 Å². The normalized spacial score (nSPS) is 14.7. The van der Waals surface area contributed by atoms with Crippen LogP contribution in [0, 0.1) is 0 Å². The Bertz CT molecular complexity index is 1160. The van der Waals surface area contributed by atoms with Gasteiger partial charge < -0.3 is 15.1 Å². The van der Waals surface area contributed by atoms with Crippen LogP contribution in [0.5, 0.6) is 0 Å². The zero-order valence-corrected chi connectivity index (χ0v) is 18.9. The quantitative estimate of drug-likeness (QED) is 0.571. The molecule has 1 aliphatic heterocycles. The van der Waals surface area contributed by atoms with Gasteiger partial charge in [0.1, 0.15) is 5.82 Å². The first-order valence-electron chi connectivity index (χ1n) is 10.7. The van der Waals surface area contributed by atoms with Gasteiger partial charge in [0, 0.05) is 62.2 Å². The first-order valence-corrected chi connectivity index (χ1v) is 11.0. The minimum Gasteiger partial charge on any atom is -0.353 e. The maximum Gasteiger partial charge on any atom is 0.416 e. The van der Waals surface area contributed by atoms with E-state index in [1.807, 2.05) is 18.2 Å². The Balaban J connectivity index is 1.55. The Morgan fingerprint density at radius 1 is 1.06 bits per heavy atom. The SMILES string of the molecule is CC(=O)N1CCN(c2nc3cc(Cl)ccc3cc2CNCc2cccc(C(F)(F)F)c2)CC1. The van der Waals surface area contributed by atoms with Crippen molar-refractivity contribution in [3.8, 4) is 0 Å². The van der Waals surface area contributed by atoms with Gasteiger partial charge in [-0.2, -0.15) is 13.2 Å². The van der Waals surface area contributed by atoms with Crippen molar-refractivity contribution in [3.63, 3.8) is 0 Å². The van der Waals surface area contributed by atoms with Crippen LogP contribution in [0.3, 0.4) is 0 Å². The van der Waals surface area contributed by atoms with Gasteiger partial charge in [-0.3, -0.25) is 4.79 Å². The maximum absolute atomic E-state index is 13.0. The topological polar surface area (TPSA) is 48.5 Å². The highest BCUT2D eigenvalue weighted by Gasteiger charge is 2.30. The summed E-state index contributed by atoms with van der Waals surface area (Å²) in [7, 11) is 0. The highest BCUT2D eigenvalue weighted by molar-refractivity contribution is 6.31. The number of hydrogen-bond acceptors (Lipinski definition) is 4. The molecule has 0 unspecified atom stereocenters. The Labute approximate surface area is 195 Å². The molecule has 0 spiro atoms. The number of rotatable bonds is 5. The number of amides is 1. The molecule has 2 aromatic carbocycles. The third kappa shape index (κ3) is 5.57. The van der Waals surface area contributed by atoms with Crippen LogP contribution in [0.4, 0.5) is 19.0 Å². The van der Waals surface area contributed by atoms with Crippen molar-refractivity contribution in [1.29, 1.82) is 0 Å². The molecule has 1 saturated heterocycles. The zero-order chi connectivity index (χ0) is 23.6. The summed E-state index contributed by atoms with van der Waals surface area (Å²) in [5.74, 6) is 0.848. The second-order valence-electron chi connectivity index (χ2n) is 8.10. The number of pyridine rings is 1. The fourth-order valence-electron chi connectivity index (χ4n) is 4.01. The molecule has 0 aliphatic carbocycles. The lowest BCUT2D eigenvalue weighted by Gasteiger charge is -2.36. The molecular weight excluding hydrogens is 453 g/mol. The molecule has 2 heterocycles. The third-order valence-electron chi connectivity index (χ3n) is 5.76. The number of piperazine rings is 1. The number of nitrogens with zero attached hydrogens (tertiary/aromatic N) is 3. The number of nitrogens with one attached hydrogen (secondary N) is 1. The van der Waals surface area contributed by atoms with Crippen molar-refractivity contribution in [2.75, 3.05) is 31.1 Å². The lowest BCUT2D eigenvalue weighted by molar-refractivity contribution is -0.137. The number of fused-ring (bicyclic) bond motifs is 1. The number of halogens is 4. The van der Waals surface area contributed by atoms with E-state index in [1.165, 1.54) is 6.07 Å². The van der Waals surface area contributed by atoms with E-state index in [0.29, 0.717) is 49.9 Å². The number of hydrogen-bond donors (Lipinski definition) is 1. The molecule has 174 valence electrons. The van der Waals surface area contributed by atoms with E-state index in [1.54, 1.807) is 24.0 Å². The van der Waals surface area contributed by atoms with Crippen LogP contribution in [0.2, 0.25) is 5.02 Å². The molecule has 9 heteroatoms. The largest absolute Gasteiger partial charge is 0.416 e. The summed E-state index contributed by atoms with van der Waals surface area (Å²) in [4.78, 5) is 20.5. The number of carbonyl (C=O) groups is 1. The predicted octanol–water partition coefficient (Wildman–Crippen LogP) is 4.87. The summed E-state index contributed by atoms with van der Waals surface area (Å²) in [6.07, 6.45) is -4.37. The Hall–Kier alpha value is -2.84. The molecule has 1 aromatic heterocycles. The van der Waals surface area contributed by atoms with Crippen LogP contribution in [0.1, 0.15) is 23.6 Å². The summed E-state index contributed by atoms with van der Waals surface area (Å²) < 4.78 is 39.0. The summed E-state index contributed by atoms with van der Waals surface area (Å²) >= 11 is 6.16. The van der Waals surface area contributed by atoms with Crippen molar-refractivity contribution < 1.29 is 18.0 Å². The van der Waals surface area contributed by atoms with Crippen LogP contribution in [-0.2, 0) is 24.1 Å². The van der Waals surface area contributed by atoms with E-state index in [2.05, 4.69) is 10.2 Å². The van der Waals surface area contributed by atoms with Crippen LogP contribution >= 0.6 is 11.6 Å². The van der Waals surface area contributed by atoms with E-state index in [0.717, 1.165) is 34.4 Å². The van der Waals surface area contributed by atoms with Crippen LogP contribution < -0.4 is 10.2 Å². The number of alkyl halides is 3. The fraction of sp³-hybridized carbons (Fsp3) is 0.333. The third-order valence-corrected chi connectivity index (χ3v) is 5.99. The number of benzene rings is 2. The van der Waals surface area contributed by atoms with E-state index < -0.39 is 11.7 Å². The summed E-state index contributed by atoms with van der Waals surface area (Å²) in [5, 5.41) is 4.78. The smallest absolute Gasteiger partial charge is 0.353 e. The van der Waals surface area contributed by atoms with Crippen molar-refractivity contribution in [2.24, 2.45) is 0 Å². The van der Waals surface area contributed by atoms with Gasteiger partial charge in [-0.05, 0) is 29.8 Å². The molecule has 1 fully saturated rings.